The highest BCUT2D eigenvalue weighted by atomic mass is 35.5. The molecule has 0 unspecified atom stereocenters. The first-order chi connectivity index (χ1) is 15.3. The first-order valence-corrected chi connectivity index (χ1v) is 10.5. The van der Waals surface area contributed by atoms with E-state index in [1.165, 1.54) is 4.68 Å². The fraction of sp³-hybridized carbons (Fsp3) is 0.300. The van der Waals surface area contributed by atoms with Crippen LogP contribution < -0.4 is 4.74 Å². The highest BCUT2D eigenvalue weighted by Crippen LogP contribution is 2.32. The Labute approximate surface area is 192 Å². The van der Waals surface area contributed by atoms with E-state index < -0.39 is 4.92 Å². The summed E-state index contributed by atoms with van der Waals surface area (Å²) in [5.74, 6) is -0.0340. The summed E-state index contributed by atoms with van der Waals surface area (Å²) in [6, 6.07) is 3.66. The average Bonchev–Trinajstić information content (AvgIpc) is 3.21. The van der Waals surface area contributed by atoms with Crippen LogP contribution >= 0.6 is 23.2 Å². The van der Waals surface area contributed by atoms with Crippen LogP contribution in [0.4, 0.5) is 5.69 Å². The highest BCUT2D eigenvalue weighted by Gasteiger charge is 2.28. The van der Waals surface area contributed by atoms with Crippen molar-refractivity contribution < 1.29 is 9.66 Å². The third-order valence-corrected chi connectivity index (χ3v) is 5.46. The van der Waals surface area contributed by atoms with Gasteiger partial charge in [-0.05, 0) is 50.9 Å². The van der Waals surface area contributed by atoms with Crippen LogP contribution in [0.15, 0.2) is 24.5 Å². The van der Waals surface area contributed by atoms with Crippen molar-refractivity contribution in [2.75, 3.05) is 6.61 Å². The Balaban J connectivity index is 1.52. The zero-order valence-corrected chi connectivity index (χ0v) is 19.1. The zero-order chi connectivity index (χ0) is 23.0. The van der Waals surface area contributed by atoms with E-state index in [2.05, 4.69) is 20.1 Å². The lowest BCUT2D eigenvalue weighted by atomic mass is 10.2. The van der Waals surface area contributed by atoms with Crippen molar-refractivity contribution in [2.24, 2.45) is 0 Å². The molecule has 4 rings (SSSR count). The normalized spacial score (nSPS) is 11.3. The van der Waals surface area contributed by atoms with Crippen LogP contribution in [0.25, 0.3) is 16.7 Å². The summed E-state index contributed by atoms with van der Waals surface area (Å²) < 4.78 is 9.05. The second-order valence-corrected chi connectivity index (χ2v) is 7.96. The molecule has 0 saturated heterocycles. The molecule has 0 atom stereocenters. The summed E-state index contributed by atoms with van der Waals surface area (Å²) >= 11 is 12.1. The van der Waals surface area contributed by atoms with Gasteiger partial charge in [0.1, 0.15) is 11.3 Å². The number of ether oxygens (including phenoxy) is 1. The van der Waals surface area contributed by atoms with Crippen LogP contribution in [0.3, 0.4) is 0 Å². The van der Waals surface area contributed by atoms with Gasteiger partial charge in [0.25, 0.3) is 0 Å². The number of pyridine rings is 1. The first kappa shape index (κ1) is 22.0. The van der Waals surface area contributed by atoms with Gasteiger partial charge < -0.3 is 9.30 Å². The van der Waals surface area contributed by atoms with Crippen molar-refractivity contribution in [3.63, 3.8) is 0 Å². The van der Waals surface area contributed by atoms with E-state index in [-0.39, 0.29) is 23.5 Å². The van der Waals surface area contributed by atoms with Crippen LogP contribution in [0, 0.1) is 30.9 Å². The van der Waals surface area contributed by atoms with E-state index in [1.54, 1.807) is 19.3 Å². The van der Waals surface area contributed by atoms with Crippen LogP contribution in [-0.2, 0) is 6.54 Å². The Morgan fingerprint density at radius 1 is 1.19 bits per heavy atom. The maximum atomic E-state index is 11.7. The second-order valence-electron chi connectivity index (χ2n) is 7.21. The molecular weight excluding hydrogens is 457 g/mol. The van der Waals surface area contributed by atoms with Crippen molar-refractivity contribution >= 4 is 39.9 Å². The number of halogens is 2. The molecule has 0 N–H and O–H groups in total. The summed E-state index contributed by atoms with van der Waals surface area (Å²) in [4.78, 5) is 23.8. The van der Waals surface area contributed by atoms with E-state index in [0.29, 0.717) is 46.1 Å². The predicted octanol–water partition coefficient (Wildman–Crippen LogP) is 4.62. The molecule has 4 aromatic heterocycles. The molecule has 10 nitrogen and oxygen atoms in total. The summed E-state index contributed by atoms with van der Waals surface area (Å²) in [6.45, 7) is 6.07. The third-order valence-electron chi connectivity index (χ3n) is 4.98. The van der Waals surface area contributed by atoms with E-state index in [0.717, 1.165) is 5.69 Å². The van der Waals surface area contributed by atoms with Crippen LogP contribution in [0.5, 0.6) is 5.88 Å². The van der Waals surface area contributed by atoms with Crippen LogP contribution in [-0.4, -0.2) is 40.8 Å². The predicted molar refractivity (Wildman–Crippen MR) is 120 cm³/mol. The molecular formula is C20H19Cl2N7O3. The zero-order valence-electron chi connectivity index (χ0n) is 17.5. The maximum absolute atomic E-state index is 11.7. The second kappa shape index (κ2) is 8.71. The van der Waals surface area contributed by atoms with Crippen LogP contribution in [0.1, 0.15) is 23.5 Å². The lowest BCUT2D eigenvalue weighted by Gasteiger charge is -2.07. The number of hydrogen-bond donors (Lipinski definition) is 0. The highest BCUT2D eigenvalue weighted by molar-refractivity contribution is 6.35. The molecule has 0 fully saturated rings. The summed E-state index contributed by atoms with van der Waals surface area (Å²) in [5, 5.41) is 17.4. The van der Waals surface area contributed by atoms with Crippen molar-refractivity contribution in [1.29, 1.82) is 0 Å². The Kier molecular flexibility index (Phi) is 5.98. The van der Waals surface area contributed by atoms with Gasteiger partial charge in [-0.1, -0.05) is 11.6 Å². The van der Waals surface area contributed by atoms with Crippen molar-refractivity contribution in [3.05, 3.63) is 62.0 Å². The lowest BCUT2D eigenvalue weighted by molar-refractivity contribution is -0.386. The van der Waals surface area contributed by atoms with E-state index in [4.69, 9.17) is 27.9 Å². The van der Waals surface area contributed by atoms with Gasteiger partial charge >= 0.3 is 11.6 Å². The topological polar surface area (TPSA) is 114 Å². The number of aryl methyl sites for hydroxylation is 3. The maximum Gasteiger partial charge on any atom is 0.353 e. The third kappa shape index (κ3) is 4.11. The molecule has 166 valence electrons. The first-order valence-electron chi connectivity index (χ1n) is 9.74. The van der Waals surface area contributed by atoms with Gasteiger partial charge in [0.05, 0.1) is 33.3 Å². The van der Waals surface area contributed by atoms with Gasteiger partial charge in [-0.3, -0.25) is 15.1 Å². The minimum atomic E-state index is -0.483. The fourth-order valence-electron chi connectivity index (χ4n) is 3.49. The van der Waals surface area contributed by atoms with Gasteiger partial charge in [0.2, 0.25) is 5.28 Å². The van der Waals surface area contributed by atoms with Gasteiger partial charge in [-0.2, -0.15) is 4.98 Å². The molecule has 32 heavy (non-hydrogen) atoms. The number of rotatable bonds is 7. The van der Waals surface area contributed by atoms with E-state index in [1.807, 2.05) is 30.5 Å². The number of nitrogens with zero attached hydrogens (tertiary/aromatic N) is 7. The largest absolute Gasteiger partial charge is 0.472 e. The molecule has 0 aromatic carbocycles. The van der Waals surface area contributed by atoms with Gasteiger partial charge in [0, 0.05) is 24.6 Å². The quantitative estimate of drug-likeness (QED) is 0.165. The molecule has 0 saturated carbocycles. The fourth-order valence-corrected chi connectivity index (χ4v) is 3.87. The minimum absolute atomic E-state index is 0.0340. The molecule has 12 heteroatoms. The lowest BCUT2D eigenvalue weighted by Crippen LogP contribution is -2.06. The SMILES string of the molecule is Cc1ccc(-n2nc(OCCCn3cc(Cl)c4cnc(Cl)nc43)c([N+](=O)[O-])c2C)c(C)n1. The molecule has 0 bridgehead atoms. The smallest absolute Gasteiger partial charge is 0.353 e. The summed E-state index contributed by atoms with van der Waals surface area (Å²) in [7, 11) is 0. The monoisotopic (exact) mass is 475 g/mol. The Hall–Kier alpha value is -3.24. The average molecular weight is 476 g/mol. The molecule has 4 heterocycles. The standard InChI is InChI=1S/C20H19Cl2N7O3/c1-11-5-6-16(12(2)24-11)28-13(3)17(29(30)31)19(26-28)32-8-4-7-27-10-15(21)14-9-23-20(22)25-18(14)27/h5-6,9-10H,4,7-8H2,1-3H3. The van der Waals surface area contributed by atoms with E-state index in [9.17, 15) is 10.1 Å². The van der Waals surface area contributed by atoms with Crippen molar-refractivity contribution in [3.8, 4) is 11.6 Å². The van der Waals surface area contributed by atoms with Crippen molar-refractivity contribution in [2.45, 2.75) is 33.7 Å². The molecule has 0 amide bonds. The number of aromatic nitrogens is 6. The molecule has 0 radical (unpaired) electrons. The Morgan fingerprint density at radius 2 is 1.97 bits per heavy atom. The van der Waals surface area contributed by atoms with Gasteiger partial charge in [0.15, 0.2) is 0 Å². The molecule has 4 aromatic rings. The van der Waals surface area contributed by atoms with Gasteiger partial charge in [-0.15, -0.1) is 5.10 Å². The molecule has 0 spiro atoms. The van der Waals surface area contributed by atoms with E-state index >= 15 is 0 Å². The molecule has 0 aliphatic rings. The Morgan fingerprint density at radius 3 is 2.69 bits per heavy atom. The molecule has 0 aliphatic heterocycles. The molecule has 0 aliphatic carbocycles. The van der Waals surface area contributed by atoms with Crippen LogP contribution in [0.2, 0.25) is 10.3 Å². The summed E-state index contributed by atoms with van der Waals surface area (Å²) in [6.07, 6.45) is 3.85. The number of fused-ring (bicyclic) bond motifs is 1. The number of hydrogen-bond acceptors (Lipinski definition) is 7. The number of nitro groups is 1. The van der Waals surface area contributed by atoms with Crippen molar-refractivity contribution in [1.82, 2.24) is 29.3 Å². The minimum Gasteiger partial charge on any atom is -0.472 e. The van der Waals surface area contributed by atoms with Gasteiger partial charge in [-0.25, -0.2) is 9.67 Å². The summed E-state index contributed by atoms with van der Waals surface area (Å²) in [5.41, 5.74) is 3.05. The Bertz CT molecular complexity index is 1330.